The predicted molar refractivity (Wildman–Crippen MR) is 83.3 cm³/mol. The highest BCUT2D eigenvalue weighted by molar-refractivity contribution is 6.12. The average molecular weight is 244 g/mol. The van der Waals surface area contributed by atoms with Crippen molar-refractivity contribution >= 4 is 7.85 Å². The maximum Gasteiger partial charge on any atom is 0.105 e. The second-order valence-electron chi connectivity index (χ2n) is 5.55. The lowest BCUT2D eigenvalue weighted by Crippen LogP contribution is -2.12. The summed E-state index contributed by atoms with van der Waals surface area (Å²) < 4.78 is 0. The molecule has 0 N–H and O–H groups in total. The Labute approximate surface area is 116 Å². The smallest absolute Gasteiger partial charge is 0.0691 e. The monoisotopic (exact) mass is 244 g/mol. The van der Waals surface area contributed by atoms with Gasteiger partial charge in [0, 0.05) is 11.1 Å². The molecule has 0 fully saturated rings. The molecule has 3 rings (SSSR count). The van der Waals surface area contributed by atoms with Crippen LogP contribution in [-0.2, 0) is 6.42 Å². The number of hydrogen-bond donors (Lipinski definition) is 0. The molecule has 2 aromatic rings. The van der Waals surface area contributed by atoms with Crippen molar-refractivity contribution in [1.82, 2.24) is 0 Å². The third-order valence-corrected chi connectivity index (χ3v) is 3.95. The van der Waals surface area contributed by atoms with Crippen molar-refractivity contribution in [3.8, 4) is 11.8 Å². The molecule has 0 amide bonds. The first-order valence-electron chi connectivity index (χ1n) is 6.94. The molecule has 0 saturated carbocycles. The van der Waals surface area contributed by atoms with Gasteiger partial charge in [0.15, 0.2) is 0 Å². The zero-order chi connectivity index (χ0) is 13.2. The summed E-state index contributed by atoms with van der Waals surface area (Å²) in [6.45, 7) is 2.30. The molecule has 0 saturated heterocycles. The van der Waals surface area contributed by atoms with Crippen molar-refractivity contribution in [3.63, 3.8) is 0 Å². The van der Waals surface area contributed by atoms with Crippen LogP contribution in [0.2, 0.25) is 5.82 Å². The van der Waals surface area contributed by atoms with Gasteiger partial charge in [-0.2, -0.15) is 0 Å². The first-order valence-corrected chi connectivity index (χ1v) is 6.94. The van der Waals surface area contributed by atoms with E-state index in [4.69, 9.17) is 0 Å². The molecule has 2 aromatic carbocycles. The summed E-state index contributed by atoms with van der Waals surface area (Å²) in [4.78, 5) is 0. The summed E-state index contributed by atoms with van der Waals surface area (Å²) in [6.07, 6.45) is 1.08. The summed E-state index contributed by atoms with van der Waals surface area (Å²) >= 11 is 0. The third kappa shape index (κ3) is 2.31. The van der Waals surface area contributed by atoms with Gasteiger partial charge in [0.2, 0.25) is 0 Å². The average Bonchev–Trinajstić information content (AvgIpc) is 2.41. The number of benzene rings is 2. The predicted octanol–water partition coefficient (Wildman–Crippen LogP) is 3.17. The fraction of sp³-hybridized carbons (Fsp3) is 0.222. The number of rotatable bonds is 1. The van der Waals surface area contributed by atoms with Gasteiger partial charge < -0.3 is 0 Å². The summed E-state index contributed by atoms with van der Waals surface area (Å²) in [6, 6.07) is 17.1. The van der Waals surface area contributed by atoms with Gasteiger partial charge in [0.25, 0.3) is 0 Å². The second kappa shape index (κ2) is 4.98. The Bertz CT molecular complexity index is 659. The number of hydrogen-bond acceptors (Lipinski definition) is 0. The Morgan fingerprint density at radius 2 is 1.63 bits per heavy atom. The van der Waals surface area contributed by atoms with Gasteiger partial charge in [-0.05, 0) is 35.6 Å². The molecule has 1 unspecified atom stereocenters. The SMILES string of the molecule is B[C@H](C)C1Cc2ccccc2C#Cc2ccccc21. The van der Waals surface area contributed by atoms with Crippen LogP contribution >= 0.6 is 0 Å². The van der Waals surface area contributed by atoms with E-state index >= 15 is 0 Å². The molecular weight excluding hydrogens is 227 g/mol. The zero-order valence-corrected chi connectivity index (χ0v) is 11.5. The van der Waals surface area contributed by atoms with Crippen molar-refractivity contribution in [2.24, 2.45) is 0 Å². The number of fused-ring (bicyclic) bond motifs is 2. The van der Waals surface area contributed by atoms with E-state index in [0.29, 0.717) is 11.7 Å². The molecule has 0 radical (unpaired) electrons. The lowest BCUT2D eigenvalue weighted by atomic mass is 9.70. The van der Waals surface area contributed by atoms with E-state index in [1.54, 1.807) is 0 Å². The fourth-order valence-electron chi connectivity index (χ4n) is 2.83. The molecule has 1 aliphatic rings. The highest BCUT2D eigenvalue weighted by Gasteiger charge is 2.20. The summed E-state index contributed by atoms with van der Waals surface area (Å²) in [7, 11) is 2.30. The van der Waals surface area contributed by atoms with Crippen LogP contribution in [0.1, 0.15) is 35.1 Å². The lowest BCUT2D eigenvalue weighted by Gasteiger charge is -2.24. The standard InChI is InChI=1S/C18H17B/c1-13(19)18-12-16-8-3-2-6-14(16)10-11-15-7-4-5-9-17(15)18/h2-9,13,18H,12,19H2,1H3/t13-,18?/m1/s1. The van der Waals surface area contributed by atoms with Gasteiger partial charge in [-0.15, -0.1) is 0 Å². The highest BCUT2D eigenvalue weighted by Crippen LogP contribution is 2.34. The summed E-state index contributed by atoms with van der Waals surface area (Å²) in [5, 5.41) is 0. The van der Waals surface area contributed by atoms with Crippen molar-refractivity contribution in [3.05, 3.63) is 70.8 Å². The van der Waals surface area contributed by atoms with Crippen LogP contribution in [0.15, 0.2) is 48.5 Å². The van der Waals surface area contributed by atoms with Crippen LogP contribution in [0.4, 0.5) is 0 Å². The van der Waals surface area contributed by atoms with Gasteiger partial charge in [0.05, 0.1) is 0 Å². The van der Waals surface area contributed by atoms with E-state index in [1.165, 1.54) is 22.3 Å². The van der Waals surface area contributed by atoms with E-state index in [1.807, 2.05) is 0 Å². The fourth-order valence-corrected chi connectivity index (χ4v) is 2.83. The molecule has 0 bridgehead atoms. The minimum Gasteiger partial charge on any atom is -0.0691 e. The molecule has 2 atom stereocenters. The van der Waals surface area contributed by atoms with E-state index in [0.717, 1.165) is 6.42 Å². The van der Waals surface area contributed by atoms with Crippen molar-refractivity contribution in [1.29, 1.82) is 0 Å². The Kier molecular flexibility index (Phi) is 3.17. The largest absolute Gasteiger partial charge is 0.105 e. The molecule has 92 valence electrons. The van der Waals surface area contributed by atoms with E-state index in [-0.39, 0.29) is 0 Å². The Balaban J connectivity index is 2.20. The van der Waals surface area contributed by atoms with Gasteiger partial charge in [-0.25, -0.2) is 0 Å². The lowest BCUT2D eigenvalue weighted by molar-refractivity contribution is 0.656. The normalized spacial score (nSPS) is 18.1. The van der Waals surface area contributed by atoms with Gasteiger partial charge in [-0.3, -0.25) is 0 Å². The van der Waals surface area contributed by atoms with E-state index in [2.05, 4.69) is 75.1 Å². The second-order valence-corrected chi connectivity index (χ2v) is 5.55. The van der Waals surface area contributed by atoms with Gasteiger partial charge >= 0.3 is 0 Å². The van der Waals surface area contributed by atoms with Crippen molar-refractivity contribution in [2.45, 2.75) is 25.1 Å². The van der Waals surface area contributed by atoms with Crippen LogP contribution in [0, 0.1) is 11.8 Å². The minimum atomic E-state index is 0.548. The Morgan fingerprint density at radius 3 is 2.42 bits per heavy atom. The topological polar surface area (TPSA) is 0 Å². The molecular formula is C18H17B. The molecule has 0 heterocycles. The molecule has 1 heteroatoms. The van der Waals surface area contributed by atoms with Crippen molar-refractivity contribution < 1.29 is 0 Å². The molecule has 0 spiro atoms. The molecule has 0 aromatic heterocycles. The highest BCUT2D eigenvalue weighted by atomic mass is 14.2. The van der Waals surface area contributed by atoms with E-state index in [9.17, 15) is 0 Å². The summed E-state index contributed by atoms with van der Waals surface area (Å²) in [5.41, 5.74) is 5.15. The summed E-state index contributed by atoms with van der Waals surface area (Å²) in [5.74, 6) is 7.85. The molecule has 1 aliphatic carbocycles. The Hall–Kier alpha value is -1.94. The van der Waals surface area contributed by atoms with Crippen LogP contribution < -0.4 is 0 Å². The van der Waals surface area contributed by atoms with Gasteiger partial charge in [0.1, 0.15) is 7.85 Å². The van der Waals surface area contributed by atoms with E-state index < -0.39 is 0 Å². The Morgan fingerprint density at radius 1 is 1.00 bits per heavy atom. The molecule has 0 aliphatic heterocycles. The maximum atomic E-state index is 3.36. The van der Waals surface area contributed by atoms with Crippen LogP contribution in [0.5, 0.6) is 0 Å². The van der Waals surface area contributed by atoms with Crippen LogP contribution in [0.3, 0.4) is 0 Å². The van der Waals surface area contributed by atoms with Crippen LogP contribution in [0.25, 0.3) is 0 Å². The van der Waals surface area contributed by atoms with Crippen LogP contribution in [-0.4, -0.2) is 7.85 Å². The quantitative estimate of drug-likeness (QED) is 0.534. The maximum absolute atomic E-state index is 3.36. The zero-order valence-electron chi connectivity index (χ0n) is 11.5. The first kappa shape index (κ1) is 12.1. The van der Waals surface area contributed by atoms with Gasteiger partial charge in [-0.1, -0.05) is 61.0 Å². The first-order chi connectivity index (χ1) is 9.25. The minimum absolute atomic E-state index is 0.548. The molecule has 0 nitrogen and oxygen atoms in total. The van der Waals surface area contributed by atoms with Crippen molar-refractivity contribution in [2.75, 3.05) is 0 Å². The molecule has 19 heavy (non-hydrogen) atoms. The third-order valence-electron chi connectivity index (χ3n) is 3.95.